The van der Waals surface area contributed by atoms with Crippen LogP contribution in [0.5, 0.6) is 0 Å². The summed E-state index contributed by atoms with van der Waals surface area (Å²) in [5.74, 6) is 3.16. The quantitative estimate of drug-likeness (QED) is 0.773. The van der Waals surface area contributed by atoms with Gasteiger partial charge in [0.2, 0.25) is 0 Å². The van der Waals surface area contributed by atoms with E-state index in [0.29, 0.717) is 12.5 Å². The average molecular weight is 239 g/mol. The first kappa shape index (κ1) is 13.4. The predicted octanol–water partition coefficient (Wildman–Crippen LogP) is 2.81. The highest BCUT2D eigenvalue weighted by atomic mass is 16.3. The maximum Gasteiger partial charge on any atom is 0.0462 e. The van der Waals surface area contributed by atoms with Gasteiger partial charge in [-0.1, -0.05) is 26.2 Å². The van der Waals surface area contributed by atoms with Crippen LogP contribution >= 0.6 is 0 Å². The molecule has 0 saturated heterocycles. The van der Waals surface area contributed by atoms with E-state index in [9.17, 15) is 5.11 Å². The SMILES string of the molecule is CC1CCCC(CNCC2CCCC2CO)C1. The van der Waals surface area contributed by atoms with Crippen LogP contribution in [0.15, 0.2) is 0 Å². The fourth-order valence-electron chi connectivity index (χ4n) is 3.84. The van der Waals surface area contributed by atoms with Crippen LogP contribution in [0.2, 0.25) is 0 Å². The van der Waals surface area contributed by atoms with Crippen molar-refractivity contribution in [2.45, 2.75) is 51.9 Å². The molecule has 17 heavy (non-hydrogen) atoms. The summed E-state index contributed by atoms with van der Waals surface area (Å²) in [7, 11) is 0. The number of nitrogens with one attached hydrogen (secondary N) is 1. The molecule has 4 atom stereocenters. The lowest BCUT2D eigenvalue weighted by Crippen LogP contribution is -2.32. The smallest absolute Gasteiger partial charge is 0.0462 e. The fraction of sp³-hybridized carbons (Fsp3) is 1.00. The van der Waals surface area contributed by atoms with Crippen molar-refractivity contribution in [3.05, 3.63) is 0 Å². The van der Waals surface area contributed by atoms with Crippen molar-refractivity contribution in [3.63, 3.8) is 0 Å². The van der Waals surface area contributed by atoms with Crippen LogP contribution in [0.3, 0.4) is 0 Å². The van der Waals surface area contributed by atoms with E-state index in [1.807, 2.05) is 0 Å². The van der Waals surface area contributed by atoms with E-state index in [1.165, 1.54) is 51.5 Å². The molecule has 0 spiro atoms. The Labute approximate surface area is 106 Å². The normalized spacial score (nSPS) is 38.5. The Kier molecular flexibility index (Phi) is 5.30. The number of rotatable bonds is 5. The molecule has 2 N–H and O–H groups in total. The molecular formula is C15H29NO. The second-order valence-electron chi connectivity index (χ2n) is 6.43. The number of hydrogen-bond donors (Lipinski definition) is 2. The molecule has 0 aromatic carbocycles. The lowest BCUT2D eigenvalue weighted by molar-refractivity contribution is 0.189. The Morgan fingerprint density at radius 1 is 1.00 bits per heavy atom. The van der Waals surface area contributed by atoms with Gasteiger partial charge in [0.05, 0.1) is 0 Å². The number of hydrogen-bond acceptors (Lipinski definition) is 2. The summed E-state index contributed by atoms with van der Waals surface area (Å²) in [5.41, 5.74) is 0. The minimum absolute atomic E-state index is 0.396. The average Bonchev–Trinajstić information content (AvgIpc) is 2.77. The van der Waals surface area contributed by atoms with Crippen LogP contribution in [-0.4, -0.2) is 24.8 Å². The zero-order valence-corrected chi connectivity index (χ0v) is 11.3. The standard InChI is InChI=1S/C15H29NO/c1-12-4-2-5-13(8-12)9-16-10-14-6-3-7-15(14)11-17/h12-17H,2-11H2,1H3. The van der Waals surface area contributed by atoms with Crippen LogP contribution in [0.25, 0.3) is 0 Å². The highest BCUT2D eigenvalue weighted by Crippen LogP contribution is 2.31. The third-order valence-electron chi connectivity index (χ3n) is 4.94. The van der Waals surface area contributed by atoms with E-state index in [-0.39, 0.29) is 0 Å². The van der Waals surface area contributed by atoms with Gasteiger partial charge in [0.25, 0.3) is 0 Å². The van der Waals surface area contributed by atoms with Crippen LogP contribution in [0.4, 0.5) is 0 Å². The second kappa shape index (κ2) is 6.75. The van der Waals surface area contributed by atoms with Gasteiger partial charge in [-0.25, -0.2) is 0 Å². The molecule has 0 bridgehead atoms. The minimum Gasteiger partial charge on any atom is -0.396 e. The fourth-order valence-corrected chi connectivity index (χ4v) is 3.84. The summed E-state index contributed by atoms with van der Waals surface area (Å²) < 4.78 is 0. The molecular weight excluding hydrogens is 210 g/mol. The Morgan fingerprint density at radius 3 is 2.53 bits per heavy atom. The third-order valence-corrected chi connectivity index (χ3v) is 4.94. The van der Waals surface area contributed by atoms with Gasteiger partial charge in [0.1, 0.15) is 0 Å². The highest BCUT2D eigenvalue weighted by molar-refractivity contribution is 4.79. The van der Waals surface area contributed by atoms with E-state index in [1.54, 1.807) is 0 Å². The lowest BCUT2D eigenvalue weighted by atomic mass is 9.82. The molecule has 2 aliphatic rings. The van der Waals surface area contributed by atoms with E-state index in [2.05, 4.69) is 12.2 Å². The molecule has 0 aliphatic heterocycles. The first-order valence-corrected chi connectivity index (χ1v) is 7.61. The zero-order valence-electron chi connectivity index (χ0n) is 11.3. The van der Waals surface area contributed by atoms with E-state index in [4.69, 9.17) is 0 Å². The number of aliphatic hydroxyl groups excluding tert-OH is 1. The summed E-state index contributed by atoms with van der Waals surface area (Å²) in [6.07, 6.45) is 9.58. The maximum atomic E-state index is 9.29. The molecule has 0 aromatic rings. The van der Waals surface area contributed by atoms with Crippen LogP contribution in [-0.2, 0) is 0 Å². The summed E-state index contributed by atoms with van der Waals surface area (Å²) in [4.78, 5) is 0. The topological polar surface area (TPSA) is 32.3 Å². The van der Waals surface area contributed by atoms with Crippen molar-refractivity contribution in [1.29, 1.82) is 0 Å². The van der Waals surface area contributed by atoms with Crippen LogP contribution < -0.4 is 5.32 Å². The van der Waals surface area contributed by atoms with Crippen molar-refractivity contribution in [3.8, 4) is 0 Å². The van der Waals surface area contributed by atoms with Crippen LogP contribution in [0, 0.1) is 23.7 Å². The van der Waals surface area contributed by atoms with Crippen LogP contribution in [0.1, 0.15) is 51.9 Å². The van der Waals surface area contributed by atoms with Crippen molar-refractivity contribution >= 4 is 0 Å². The van der Waals surface area contributed by atoms with Crippen molar-refractivity contribution in [1.82, 2.24) is 5.32 Å². The Balaban J connectivity index is 1.62. The zero-order chi connectivity index (χ0) is 12.1. The molecule has 0 aromatic heterocycles. The summed E-state index contributed by atoms with van der Waals surface area (Å²) in [6.45, 7) is 5.13. The van der Waals surface area contributed by atoms with Gasteiger partial charge in [-0.05, 0) is 62.4 Å². The largest absolute Gasteiger partial charge is 0.396 e. The maximum absolute atomic E-state index is 9.29. The molecule has 0 radical (unpaired) electrons. The van der Waals surface area contributed by atoms with Gasteiger partial charge in [-0.15, -0.1) is 0 Å². The van der Waals surface area contributed by atoms with E-state index >= 15 is 0 Å². The molecule has 2 saturated carbocycles. The van der Waals surface area contributed by atoms with Gasteiger partial charge in [-0.3, -0.25) is 0 Å². The second-order valence-corrected chi connectivity index (χ2v) is 6.43. The van der Waals surface area contributed by atoms with Gasteiger partial charge in [0, 0.05) is 6.61 Å². The van der Waals surface area contributed by atoms with Crippen molar-refractivity contribution in [2.24, 2.45) is 23.7 Å². The molecule has 0 heterocycles. The molecule has 2 rings (SSSR count). The van der Waals surface area contributed by atoms with Gasteiger partial charge >= 0.3 is 0 Å². The molecule has 2 heteroatoms. The van der Waals surface area contributed by atoms with E-state index < -0.39 is 0 Å². The van der Waals surface area contributed by atoms with Gasteiger partial charge < -0.3 is 10.4 Å². The summed E-state index contributed by atoms with van der Waals surface area (Å²) in [6, 6.07) is 0. The molecule has 2 nitrogen and oxygen atoms in total. The molecule has 2 fully saturated rings. The first-order chi connectivity index (χ1) is 8.29. The number of aliphatic hydroxyl groups is 1. The van der Waals surface area contributed by atoms with Crippen molar-refractivity contribution < 1.29 is 5.11 Å². The Morgan fingerprint density at radius 2 is 1.76 bits per heavy atom. The molecule has 0 amide bonds. The first-order valence-electron chi connectivity index (χ1n) is 7.61. The Hall–Kier alpha value is -0.0800. The molecule has 100 valence electrons. The van der Waals surface area contributed by atoms with Gasteiger partial charge in [0.15, 0.2) is 0 Å². The van der Waals surface area contributed by atoms with E-state index in [0.717, 1.165) is 24.3 Å². The molecule has 2 aliphatic carbocycles. The third kappa shape index (κ3) is 3.96. The minimum atomic E-state index is 0.396. The Bertz CT molecular complexity index is 219. The highest BCUT2D eigenvalue weighted by Gasteiger charge is 2.26. The lowest BCUT2D eigenvalue weighted by Gasteiger charge is -2.27. The summed E-state index contributed by atoms with van der Waals surface area (Å²) >= 11 is 0. The molecule has 4 unspecified atom stereocenters. The van der Waals surface area contributed by atoms with Gasteiger partial charge in [-0.2, -0.15) is 0 Å². The van der Waals surface area contributed by atoms with Crippen molar-refractivity contribution in [2.75, 3.05) is 19.7 Å². The monoisotopic (exact) mass is 239 g/mol. The summed E-state index contributed by atoms with van der Waals surface area (Å²) in [5, 5.41) is 13.0. The predicted molar refractivity (Wildman–Crippen MR) is 71.9 cm³/mol.